The van der Waals surface area contributed by atoms with Gasteiger partial charge in [-0.25, -0.2) is 4.79 Å². The third kappa shape index (κ3) is 3.13. The summed E-state index contributed by atoms with van der Waals surface area (Å²) < 4.78 is 2.65. The van der Waals surface area contributed by atoms with Crippen molar-refractivity contribution in [1.82, 2.24) is 14.0 Å². The molecule has 0 aliphatic carbocycles. The van der Waals surface area contributed by atoms with E-state index >= 15 is 0 Å². The minimum Gasteiger partial charge on any atom is -0.338 e. The highest BCUT2D eigenvalue weighted by Crippen LogP contribution is 2.19. The average Bonchev–Trinajstić information content (AvgIpc) is 2.65. The smallest absolute Gasteiger partial charge is 0.331 e. The predicted molar refractivity (Wildman–Crippen MR) is 97.8 cm³/mol. The molecule has 1 amide bonds. The van der Waals surface area contributed by atoms with E-state index in [1.165, 1.54) is 0 Å². The van der Waals surface area contributed by atoms with Crippen LogP contribution in [0.1, 0.15) is 39.5 Å². The van der Waals surface area contributed by atoms with Gasteiger partial charge >= 0.3 is 5.69 Å². The number of nitrogens with zero attached hydrogens (tertiary/aromatic N) is 3. The van der Waals surface area contributed by atoms with Crippen molar-refractivity contribution in [3.63, 3.8) is 0 Å². The van der Waals surface area contributed by atoms with E-state index in [4.69, 9.17) is 0 Å². The van der Waals surface area contributed by atoms with Crippen LogP contribution in [0.15, 0.2) is 33.9 Å². The van der Waals surface area contributed by atoms with Crippen LogP contribution in [0.4, 0.5) is 0 Å². The molecule has 6 nitrogen and oxygen atoms in total. The number of aromatic nitrogens is 2. The fourth-order valence-corrected chi connectivity index (χ4v) is 3.80. The van der Waals surface area contributed by atoms with Crippen LogP contribution in [0.5, 0.6) is 0 Å². The molecule has 1 aliphatic heterocycles. The van der Waals surface area contributed by atoms with Crippen molar-refractivity contribution in [2.75, 3.05) is 6.54 Å². The summed E-state index contributed by atoms with van der Waals surface area (Å²) in [6.07, 6.45) is 4.00. The van der Waals surface area contributed by atoms with Crippen LogP contribution >= 0.6 is 0 Å². The molecule has 1 fully saturated rings. The number of hydrogen-bond donors (Lipinski definition) is 0. The Morgan fingerprint density at radius 1 is 1.12 bits per heavy atom. The number of piperidine rings is 1. The van der Waals surface area contributed by atoms with Crippen molar-refractivity contribution < 1.29 is 4.79 Å². The summed E-state index contributed by atoms with van der Waals surface area (Å²) in [6.45, 7) is 4.92. The monoisotopic (exact) mass is 343 g/mol. The molecule has 1 aromatic carbocycles. The van der Waals surface area contributed by atoms with Gasteiger partial charge in [0.15, 0.2) is 0 Å². The van der Waals surface area contributed by atoms with Crippen LogP contribution in [0, 0.1) is 0 Å². The van der Waals surface area contributed by atoms with E-state index in [0.717, 1.165) is 30.3 Å². The second-order valence-electron chi connectivity index (χ2n) is 6.58. The van der Waals surface area contributed by atoms with Crippen LogP contribution in [0.25, 0.3) is 10.9 Å². The summed E-state index contributed by atoms with van der Waals surface area (Å²) in [5.74, 6) is -0.135. The maximum absolute atomic E-state index is 12.8. The molecule has 2 aromatic rings. The standard InChI is InChI=1S/C19H25N3O3/c1-3-14-9-7-8-12-21(14)17(23)13-22-18(24)15-10-5-6-11-16(15)20(4-2)19(22)25/h5-6,10-11,14H,3-4,7-9,12-13H2,1-2H3. The molecular weight excluding hydrogens is 318 g/mol. The number of rotatable bonds is 4. The van der Waals surface area contributed by atoms with Gasteiger partial charge in [0, 0.05) is 19.1 Å². The van der Waals surface area contributed by atoms with Crippen molar-refractivity contribution >= 4 is 16.8 Å². The first-order valence-electron chi connectivity index (χ1n) is 9.10. The van der Waals surface area contributed by atoms with Gasteiger partial charge in [0.1, 0.15) is 6.54 Å². The molecule has 0 bridgehead atoms. The van der Waals surface area contributed by atoms with Crippen LogP contribution in [0.2, 0.25) is 0 Å². The number of carbonyl (C=O) groups is 1. The molecule has 1 saturated heterocycles. The summed E-state index contributed by atoms with van der Waals surface area (Å²) in [5.41, 5.74) is -0.179. The van der Waals surface area contributed by atoms with Gasteiger partial charge < -0.3 is 4.90 Å². The summed E-state index contributed by atoms with van der Waals surface area (Å²) in [7, 11) is 0. The van der Waals surface area contributed by atoms with Crippen molar-refractivity contribution in [2.45, 2.75) is 58.7 Å². The molecule has 1 aromatic heterocycles. The Morgan fingerprint density at radius 2 is 1.88 bits per heavy atom. The van der Waals surface area contributed by atoms with Gasteiger partial charge in [0.25, 0.3) is 5.56 Å². The first-order chi connectivity index (χ1) is 12.1. The Balaban J connectivity index is 2.03. The lowest BCUT2D eigenvalue weighted by atomic mass is 10.00. The molecule has 3 rings (SSSR count). The predicted octanol–water partition coefficient (Wildman–Crippen LogP) is 1.97. The zero-order valence-electron chi connectivity index (χ0n) is 14.9. The second-order valence-corrected chi connectivity index (χ2v) is 6.58. The zero-order chi connectivity index (χ0) is 18.0. The van der Waals surface area contributed by atoms with E-state index in [1.807, 2.05) is 17.9 Å². The molecular formula is C19H25N3O3. The Bertz CT molecular complexity index is 897. The molecule has 134 valence electrons. The lowest BCUT2D eigenvalue weighted by Crippen LogP contribution is -2.49. The van der Waals surface area contributed by atoms with Crippen molar-refractivity contribution in [1.29, 1.82) is 0 Å². The summed E-state index contributed by atoms with van der Waals surface area (Å²) in [4.78, 5) is 40.2. The van der Waals surface area contributed by atoms with Crippen molar-refractivity contribution in [3.05, 3.63) is 45.1 Å². The largest absolute Gasteiger partial charge is 0.338 e. The van der Waals surface area contributed by atoms with E-state index in [1.54, 1.807) is 22.8 Å². The topological polar surface area (TPSA) is 64.3 Å². The highest BCUT2D eigenvalue weighted by molar-refractivity contribution is 5.79. The third-order valence-corrected chi connectivity index (χ3v) is 5.16. The number of amides is 1. The first-order valence-corrected chi connectivity index (χ1v) is 9.10. The lowest BCUT2D eigenvalue weighted by molar-refractivity contribution is -0.135. The van der Waals surface area contributed by atoms with Crippen LogP contribution in [0.3, 0.4) is 0 Å². The summed E-state index contributed by atoms with van der Waals surface area (Å²) in [5, 5.41) is 0.474. The minimum absolute atomic E-state index is 0.135. The number of aryl methyl sites for hydroxylation is 1. The average molecular weight is 343 g/mol. The van der Waals surface area contributed by atoms with E-state index in [0.29, 0.717) is 24.0 Å². The van der Waals surface area contributed by atoms with Gasteiger partial charge in [-0.3, -0.25) is 18.7 Å². The number of para-hydroxylation sites is 1. The molecule has 1 aliphatic rings. The minimum atomic E-state index is -0.412. The number of hydrogen-bond acceptors (Lipinski definition) is 3. The van der Waals surface area contributed by atoms with E-state index in [-0.39, 0.29) is 24.1 Å². The highest BCUT2D eigenvalue weighted by atomic mass is 16.2. The van der Waals surface area contributed by atoms with Crippen LogP contribution in [-0.2, 0) is 17.9 Å². The molecule has 2 heterocycles. The Hall–Kier alpha value is -2.37. The molecule has 25 heavy (non-hydrogen) atoms. The van der Waals surface area contributed by atoms with Crippen molar-refractivity contribution in [3.8, 4) is 0 Å². The second kappa shape index (κ2) is 7.25. The lowest BCUT2D eigenvalue weighted by Gasteiger charge is -2.35. The fourth-order valence-electron chi connectivity index (χ4n) is 3.80. The van der Waals surface area contributed by atoms with Gasteiger partial charge in [-0.2, -0.15) is 0 Å². The maximum Gasteiger partial charge on any atom is 0.331 e. The normalized spacial score (nSPS) is 17.8. The van der Waals surface area contributed by atoms with Crippen LogP contribution < -0.4 is 11.2 Å². The fraction of sp³-hybridized carbons (Fsp3) is 0.526. The molecule has 0 spiro atoms. The number of carbonyl (C=O) groups excluding carboxylic acids is 1. The quantitative estimate of drug-likeness (QED) is 0.853. The zero-order valence-corrected chi connectivity index (χ0v) is 14.9. The summed E-state index contributed by atoms with van der Waals surface area (Å²) >= 11 is 0. The van der Waals surface area contributed by atoms with E-state index < -0.39 is 5.69 Å². The maximum atomic E-state index is 12.8. The Kier molecular flexibility index (Phi) is 5.06. The Morgan fingerprint density at radius 3 is 2.60 bits per heavy atom. The highest BCUT2D eigenvalue weighted by Gasteiger charge is 2.26. The van der Waals surface area contributed by atoms with E-state index in [9.17, 15) is 14.4 Å². The van der Waals surface area contributed by atoms with Gasteiger partial charge in [-0.15, -0.1) is 0 Å². The molecule has 6 heteroatoms. The van der Waals surface area contributed by atoms with Gasteiger partial charge in [-0.05, 0) is 44.7 Å². The van der Waals surface area contributed by atoms with Gasteiger partial charge in [0.05, 0.1) is 10.9 Å². The van der Waals surface area contributed by atoms with Crippen LogP contribution in [-0.4, -0.2) is 32.5 Å². The molecule has 1 unspecified atom stereocenters. The SMILES string of the molecule is CCC1CCCCN1C(=O)Cn1c(=O)c2ccccc2n(CC)c1=O. The molecule has 0 saturated carbocycles. The third-order valence-electron chi connectivity index (χ3n) is 5.16. The molecule has 1 atom stereocenters. The van der Waals surface area contributed by atoms with E-state index in [2.05, 4.69) is 6.92 Å². The molecule has 0 N–H and O–H groups in total. The number of likely N-dealkylation sites (tertiary alicyclic amines) is 1. The van der Waals surface area contributed by atoms with Crippen molar-refractivity contribution in [2.24, 2.45) is 0 Å². The summed E-state index contributed by atoms with van der Waals surface area (Å²) in [6, 6.07) is 7.28. The molecule has 0 radical (unpaired) electrons. The van der Waals surface area contributed by atoms with Gasteiger partial charge in [0.2, 0.25) is 5.91 Å². The Labute approximate surface area is 146 Å². The number of benzene rings is 1. The first kappa shape index (κ1) is 17.5. The number of fused-ring (bicyclic) bond motifs is 1. The van der Waals surface area contributed by atoms with Gasteiger partial charge in [-0.1, -0.05) is 19.1 Å².